The van der Waals surface area contributed by atoms with Crippen molar-refractivity contribution in [2.45, 2.75) is 69.6 Å². The van der Waals surface area contributed by atoms with Gasteiger partial charge >= 0.3 is 12.1 Å². The highest BCUT2D eigenvalue weighted by molar-refractivity contribution is 6.34. The van der Waals surface area contributed by atoms with Gasteiger partial charge in [0.2, 0.25) is 0 Å². The zero-order valence-corrected chi connectivity index (χ0v) is 25.7. The third-order valence-corrected chi connectivity index (χ3v) is 9.94. The van der Waals surface area contributed by atoms with Gasteiger partial charge in [0.1, 0.15) is 13.6 Å². The van der Waals surface area contributed by atoms with Crippen molar-refractivity contribution in [1.29, 1.82) is 0 Å². The van der Waals surface area contributed by atoms with Gasteiger partial charge in [0.15, 0.2) is 6.10 Å². The van der Waals surface area contributed by atoms with Crippen LogP contribution in [-0.4, -0.2) is 115 Å². The Morgan fingerprint density at radius 2 is 1.59 bits per heavy atom. The van der Waals surface area contributed by atoms with Crippen molar-refractivity contribution in [2.24, 2.45) is 0 Å². The van der Waals surface area contributed by atoms with E-state index in [1.54, 1.807) is 17.0 Å². The second-order valence-corrected chi connectivity index (χ2v) is 12.7. The normalized spacial score (nSPS) is 21.0. The number of piperidine rings is 2. The number of phenols is 1. The second-order valence-electron chi connectivity index (χ2n) is 12.7. The number of benzene rings is 2. The molecule has 0 unspecified atom stereocenters. The van der Waals surface area contributed by atoms with Gasteiger partial charge < -0.3 is 34.8 Å². The van der Waals surface area contributed by atoms with E-state index in [0.29, 0.717) is 57.1 Å². The van der Waals surface area contributed by atoms with E-state index >= 15 is 0 Å². The lowest BCUT2D eigenvalue weighted by atomic mass is 9.91. The Morgan fingerprint density at radius 1 is 0.909 bits per heavy atom. The first-order valence-electron chi connectivity index (χ1n) is 16.3. The van der Waals surface area contributed by atoms with Crippen LogP contribution in [0.1, 0.15) is 49.7 Å². The van der Waals surface area contributed by atoms with Gasteiger partial charge in [-0.05, 0) is 86.8 Å². The molecular weight excluding hydrogens is 557 g/mol. The van der Waals surface area contributed by atoms with E-state index in [0.717, 1.165) is 49.2 Å². The van der Waals surface area contributed by atoms with E-state index in [-0.39, 0.29) is 30.2 Å². The van der Waals surface area contributed by atoms with E-state index in [1.165, 1.54) is 12.8 Å². The third-order valence-electron chi connectivity index (χ3n) is 9.94. The van der Waals surface area contributed by atoms with Gasteiger partial charge in [-0.3, -0.25) is 4.79 Å². The Hall–Kier alpha value is -3.73. The molecule has 3 fully saturated rings. The minimum absolute atomic E-state index is 0.0302. The van der Waals surface area contributed by atoms with Crippen molar-refractivity contribution < 1.29 is 24.2 Å². The summed E-state index contributed by atoms with van der Waals surface area (Å²) in [7, 11) is 1.82. The Morgan fingerprint density at radius 3 is 2.32 bits per heavy atom. The summed E-state index contributed by atoms with van der Waals surface area (Å²) in [6.45, 7) is 5.17. The van der Waals surface area contributed by atoms with Crippen LogP contribution in [0.5, 0.6) is 5.75 Å². The minimum Gasteiger partial charge on any atom is -0.509 e. The van der Waals surface area contributed by atoms with E-state index < -0.39 is 12.2 Å². The summed E-state index contributed by atoms with van der Waals surface area (Å²) in [6.07, 6.45) is 5.28. The number of rotatable bonds is 6. The molecule has 4 aliphatic rings. The van der Waals surface area contributed by atoms with E-state index in [1.807, 2.05) is 48.0 Å². The lowest BCUT2D eigenvalue weighted by molar-refractivity contribution is -0.142. The lowest BCUT2D eigenvalue weighted by Crippen LogP contribution is -2.52. The molecule has 1 atom stereocenters. The maximum Gasteiger partial charge on any atom is 0.410 e. The molecule has 4 heterocycles. The van der Waals surface area contributed by atoms with Crippen LogP contribution in [0, 0.1) is 0 Å². The maximum absolute atomic E-state index is 13.8. The fourth-order valence-electron chi connectivity index (χ4n) is 7.29. The largest absolute Gasteiger partial charge is 0.509 e. The summed E-state index contributed by atoms with van der Waals surface area (Å²) in [5, 5.41) is 13.1. The molecule has 4 amide bonds. The molecule has 2 aromatic carbocycles. The Kier molecular flexibility index (Phi) is 9.30. The van der Waals surface area contributed by atoms with Gasteiger partial charge in [-0.15, -0.1) is 0 Å². The van der Waals surface area contributed by atoms with Crippen LogP contribution in [-0.2, 0) is 22.4 Å². The predicted octanol–water partition coefficient (Wildman–Crippen LogP) is 2.34. The number of para-hydroxylation sites is 1. The van der Waals surface area contributed by atoms with Crippen LogP contribution in [0.15, 0.2) is 42.5 Å². The summed E-state index contributed by atoms with van der Waals surface area (Å²) in [5.41, 5.74) is 3.55. The smallest absolute Gasteiger partial charge is 0.410 e. The number of phenolic OH excluding ortho intramolecular Hbond substituents is 1. The summed E-state index contributed by atoms with van der Waals surface area (Å²) in [4.78, 5) is 48.3. The molecular formula is C33H44BN5O5. The molecule has 0 radical (unpaired) electrons. The van der Waals surface area contributed by atoms with E-state index in [4.69, 9.17) is 4.74 Å². The molecule has 0 aliphatic carbocycles. The summed E-state index contributed by atoms with van der Waals surface area (Å²) in [5.74, 6) is 0.0436. The average molecular weight is 602 g/mol. The third kappa shape index (κ3) is 6.82. The number of fused-ring (bicyclic) bond motifs is 1. The summed E-state index contributed by atoms with van der Waals surface area (Å²) in [6, 6.07) is 13.6. The SMILES string of the molecule is Bc1cc(C[C@@H](OC(=O)N2CCC(N3CCc4ccccc4NC3=O)CC2)C(=O)N2CCC(N3CCCC3)CC2)ccc1O. The summed E-state index contributed by atoms with van der Waals surface area (Å²) < 4.78 is 6.00. The number of ether oxygens (including phenoxy) is 1. The number of likely N-dealkylation sites (tertiary alicyclic amines) is 3. The molecule has 0 spiro atoms. The summed E-state index contributed by atoms with van der Waals surface area (Å²) >= 11 is 0. The van der Waals surface area contributed by atoms with Gasteiger partial charge in [-0.2, -0.15) is 0 Å². The molecule has 2 N–H and O–H groups in total. The van der Waals surface area contributed by atoms with Gasteiger partial charge in [-0.25, -0.2) is 9.59 Å². The Bertz CT molecular complexity index is 1350. The van der Waals surface area contributed by atoms with Gasteiger partial charge in [0.25, 0.3) is 5.91 Å². The van der Waals surface area contributed by atoms with Crippen molar-refractivity contribution in [1.82, 2.24) is 19.6 Å². The Balaban J connectivity index is 1.07. The average Bonchev–Trinajstić information content (AvgIpc) is 3.53. The number of hydrogen-bond acceptors (Lipinski definition) is 6. The molecule has 11 heteroatoms. The quantitative estimate of drug-likeness (QED) is 0.493. The maximum atomic E-state index is 13.8. The topological polar surface area (TPSA) is 106 Å². The van der Waals surface area contributed by atoms with Crippen molar-refractivity contribution in [3.8, 4) is 5.75 Å². The first-order valence-corrected chi connectivity index (χ1v) is 16.3. The van der Waals surface area contributed by atoms with E-state index in [2.05, 4.69) is 10.2 Å². The molecule has 3 saturated heterocycles. The minimum atomic E-state index is -0.942. The molecule has 6 rings (SSSR count). The number of anilines is 1. The zero-order valence-electron chi connectivity index (χ0n) is 25.7. The standard InChI is InChI=1S/C33H44BN5O5/c34-27-21-23(7-8-29(27)40)22-30(31(41)37-16-10-25(11-17-37)36-14-3-4-15-36)44-33(43)38-18-12-26(13-19-38)39-20-9-24-5-1-2-6-28(24)35-32(39)42/h1-2,5-8,21,25-26,30,40H,3-4,9-20,22,34H2,(H,35,42)/t30-/m1/s1. The van der Waals surface area contributed by atoms with Gasteiger partial charge in [0, 0.05) is 56.9 Å². The van der Waals surface area contributed by atoms with Gasteiger partial charge in [-0.1, -0.05) is 30.3 Å². The number of hydrogen-bond donors (Lipinski definition) is 2. The van der Waals surface area contributed by atoms with Crippen molar-refractivity contribution >= 4 is 37.0 Å². The number of amides is 4. The number of nitrogens with one attached hydrogen (secondary N) is 1. The second kappa shape index (κ2) is 13.5. The van der Waals surface area contributed by atoms with Crippen LogP contribution in [0.25, 0.3) is 0 Å². The van der Waals surface area contributed by atoms with Crippen LogP contribution < -0.4 is 10.8 Å². The van der Waals surface area contributed by atoms with Crippen molar-refractivity contribution in [2.75, 3.05) is 51.1 Å². The van der Waals surface area contributed by atoms with Crippen molar-refractivity contribution in [3.63, 3.8) is 0 Å². The first-order chi connectivity index (χ1) is 21.4. The highest BCUT2D eigenvalue weighted by Crippen LogP contribution is 2.26. The molecule has 10 nitrogen and oxygen atoms in total. The van der Waals surface area contributed by atoms with E-state index in [9.17, 15) is 19.5 Å². The number of carbonyl (C=O) groups excluding carboxylic acids is 3. The molecule has 0 aromatic heterocycles. The number of aromatic hydroxyl groups is 1. The lowest BCUT2D eigenvalue weighted by Gasteiger charge is -2.39. The number of urea groups is 1. The van der Waals surface area contributed by atoms with Gasteiger partial charge in [0.05, 0.1) is 0 Å². The number of carbonyl (C=O) groups is 3. The van der Waals surface area contributed by atoms with Crippen LogP contribution in [0.2, 0.25) is 0 Å². The van der Waals surface area contributed by atoms with Crippen molar-refractivity contribution in [3.05, 3.63) is 53.6 Å². The molecule has 44 heavy (non-hydrogen) atoms. The van der Waals surface area contributed by atoms with Crippen LogP contribution >= 0.6 is 0 Å². The molecule has 4 aliphatic heterocycles. The molecule has 0 saturated carbocycles. The Labute approximate surface area is 260 Å². The fourth-order valence-corrected chi connectivity index (χ4v) is 7.29. The first kappa shape index (κ1) is 30.3. The molecule has 0 bridgehead atoms. The molecule has 234 valence electrons. The highest BCUT2D eigenvalue weighted by Gasteiger charge is 2.36. The monoisotopic (exact) mass is 601 g/mol. The predicted molar refractivity (Wildman–Crippen MR) is 171 cm³/mol. The fraction of sp³-hybridized carbons (Fsp3) is 0.545. The number of nitrogens with zero attached hydrogens (tertiary/aromatic N) is 4. The zero-order chi connectivity index (χ0) is 30.6. The van der Waals surface area contributed by atoms with Crippen LogP contribution in [0.3, 0.4) is 0 Å². The molecule has 2 aromatic rings. The highest BCUT2D eigenvalue weighted by atomic mass is 16.6. The van der Waals surface area contributed by atoms with Crippen LogP contribution in [0.4, 0.5) is 15.3 Å².